The molecule has 0 unspecified atom stereocenters. The first-order valence-corrected chi connectivity index (χ1v) is 10.3. The summed E-state index contributed by atoms with van der Waals surface area (Å²) in [6, 6.07) is 10.9. The van der Waals surface area contributed by atoms with Crippen LogP contribution in [-0.4, -0.2) is 0 Å². The molecule has 0 atom stereocenters. The van der Waals surface area contributed by atoms with Gasteiger partial charge in [0.2, 0.25) is 0 Å². The van der Waals surface area contributed by atoms with Gasteiger partial charge in [-0.1, -0.05) is 56.5 Å². The average molecular weight is 374 g/mol. The van der Waals surface area contributed by atoms with Crippen LogP contribution in [0.25, 0.3) is 0 Å². The molecule has 146 valence electrons. The van der Waals surface area contributed by atoms with Crippen molar-refractivity contribution in [1.82, 2.24) is 0 Å². The van der Waals surface area contributed by atoms with E-state index in [4.69, 9.17) is 0 Å². The van der Waals surface area contributed by atoms with Gasteiger partial charge in [-0.15, -0.1) is 0 Å². The van der Waals surface area contributed by atoms with Gasteiger partial charge in [-0.2, -0.15) is 0 Å². The van der Waals surface area contributed by atoms with Crippen molar-refractivity contribution in [3.05, 3.63) is 70.5 Å². The Labute approximate surface area is 160 Å². The lowest BCUT2D eigenvalue weighted by molar-refractivity contribution is 0.304. The summed E-state index contributed by atoms with van der Waals surface area (Å²) in [5.74, 6) is -2.01. The molecule has 2 aromatic carbocycles. The van der Waals surface area contributed by atoms with Gasteiger partial charge in [-0.05, 0) is 73.1 Å². The van der Waals surface area contributed by atoms with Gasteiger partial charge in [0.1, 0.15) is 0 Å². The van der Waals surface area contributed by atoms with Crippen LogP contribution in [0.4, 0.5) is 13.2 Å². The fourth-order valence-electron chi connectivity index (χ4n) is 4.27. The summed E-state index contributed by atoms with van der Waals surface area (Å²) in [5.41, 5.74) is 2.72. The average Bonchev–Trinajstić information content (AvgIpc) is 2.71. The molecular weight excluding hydrogens is 345 g/mol. The molecule has 27 heavy (non-hydrogen) atoms. The fourth-order valence-corrected chi connectivity index (χ4v) is 4.27. The number of hydrogen-bond acceptors (Lipinski definition) is 0. The van der Waals surface area contributed by atoms with Gasteiger partial charge in [-0.25, -0.2) is 13.2 Å². The molecule has 0 nitrogen and oxygen atoms in total. The predicted molar refractivity (Wildman–Crippen MR) is 104 cm³/mol. The van der Waals surface area contributed by atoms with Gasteiger partial charge in [0.15, 0.2) is 17.5 Å². The molecular formula is C24H29F3. The first-order valence-electron chi connectivity index (χ1n) is 10.3. The SMILES string of the molecule is CCCCC1CCC(c2ccc(CCc3ccc(F)c(F)c3F)cc2)CC1. The number of hydrogen-bond donors (Lipinski definition) is 0. The maximum absolute atomic E-state index is 13.8. The minimum atomic E-state index is -1.38. The Kier molecular flexibility index (Phi) is 6.98. The topological polar surface area (TPSA) is 0 Å². The Morgan fingerprint density at radius 2 is 1.52 bits per heavy atom. The highest BCUT2D eigenvalue weighted by Crippen LogP contribution is 2.37. The number of halogens is 3. The van der Waals surface area contributed by atoms with Crippen LogP contribution >= 0.6 is 0 Å². The van der Waals surface area contributed by atoms with Crippen LogP contribution in [0.15, 0.2) is 36.4 Å². The smallest absolute Gasteiger partial charge is 0.194 e. The van der Waals surface area contributed by atoms with Gasteiger partial charge in [0.25, 0.3) is 0 Å². The van der Waals surface area contributed by atoms with E-state index in [0.29, 0.717) is 18.8 Å². The highest BCUT2D eigenvalue weighted by molar-refractivity contribution is 5.27. The highest BCUT2D eigenvalue weighted by atomic mass is 19.2. The Hall–Kier alpha value is -1.77. The second-order valence-electron chi connectivity index (χ2n) is 7.94. The summed E-state index contributed by atoms with van der Waals surface area (Å²) in [7, 11) is 0. The van der Waals surface area contributed by atoms with Gasteiger partial charge in [0, 0.05) is 0 Å². The number of benzene rings is 2. The summed E-state index contributed by atoms with van der Waals surface area (Å²) < 4.78 is 40.1. The molecule has 0 saturated heterocycles. The zero-order valence-corrected chi connectivity index (χ0v) is 16.1. The molecule has 0 aromatic heterocycles. The molecule has 0 amide bonds. The molecule has 0 radical (unpaired) electrons. The van der Waals surface area contributed by atoms with E-state index in [9.17, 15) is 13.2 Å². The molecule has 0 N–H and O–H groups in total. The number of aryl methyl sites for hydroxylation is 2. The van der Waals surface area contributed by atoms with Crippen molar-refractivity contribution in [2.45, 2.75) is 70.6 Å². The zero-order valence-electron chi connectivity index (χ0n) is 16.1. The van der Waals surface area contributed by atoms with E-state index in [1.54, 1.807) is 0 Å². The third kappa shape index (κ3) is 5.15. The van der Waals surface area contributed by atoms with Gasteiger partial charge in [-0.3, -0.25) is 0 Å². The molecule has 0 spiro atoms. The molecule has 2 aromatic rings. The fraction of sp³-hybridized carbons (Fsp3) is 0.500. The normalized spacial score (nSPS) is 20.0. The third-order valence-electron chi connectivity index (χ3n) is 6.06. The minimum Gasteiger partial charge on any atom is -0.204 e. The lowest BCUT2D eigenvalue weighted by atomic mass is 9.77. The van der Waals surface area contributed by atoms with E-state index in [2.05, 4.69) is 31.2 Å². The van der Waals surface area contributed by atoms with Gasteiger partial charge in [0.05, 0.1) is 0 Å². The van der Waals surface area contributed by atoms with Crippen LogP contribution in [0.2, 0.25) is 0 Å². The summed E-state index contributed by atoms with van der Waals surface area (Å²) >= 11 is 0. The summed E-state index contributed by atoms with van der Waals surface area (Å²) in [6.07, 6.45) is 10.2. The molecule has 3 heteroatoms. The van der Waals surface area contributed by atoms with E-state index in [1.165, 1.54) is 56.6 Å². The monoisotopic (exact) mass is 374 g/mol. The molecule has 1 saturated carbocycles. The molecule has 1 fully saturated rings. The van der Waals surface area contributed by atoms with Crippen LogP contribution in [0, 0.1) is 23.4 Å². The van der Waals surface area contributed by atoms with E-state index in [-0.39, 0.29) is 5.56 Å². The van der Waals surface area contributed by atoms with Crippen molar-refractivity contribution >= 4 is 0 Å². The molecule has 1 aliphatic rings. The Balaban J connectivity index is 1.53. The minimum absolute atomic E-state index is 0.225. The Bertz CT molecular complexity index is 728. The largest absolute Gasteiger partial charge is 0.204 e. The Morgan fingerprint density at radius 1 is 0.815 bits per heavy atom. The van der Waals surface area contributed by atoms with Crippen LogP contribution < -0.4 is 0 Å². The van der Waals surface area contributed by atoms with Crippen LogP contribution in [0.5, 0.6) is 0 Å². The maximum atomic E-state index is 13.8. The Morgan fingerprint density at radius 3 is 2.19 bits per heavy atom. The predicted octanol–water partition coefficient (Wildman–Crippen LogP) is 7.35. The van der Waals surface area contributed by atoms with Crippen LogP contribution in [0.1, 0.15) is 74.5 Å². The summed E-state index contributed by atoms with van der Waals surface area (Å²) in [5, 5.41) is 0. The molecule has 1 aliphatic carbocycles. The lowest BCUT2D eigenvalue weighted by Gasteiger charge is -2.29. The van der Waals surface area contributed by atoms with Crippen LogP contribution in [0.3, 0.4) is 0 Å². The van der Waals surface area contributed by atoms with Crippen molar-refractivity contribution in [1.29, 1.82) is 0 Å². The van der Waals surface area contributed by atoms with E-state index < -0.39 is 17.5 Å². The molecule has 3 rings (SSSR count). The van der Waals surface area contributed by atoms with Gasteiger partial charge >= 0.3 is 0 Å². The second kappa shape index (κ2) is 9.43. The number of rotatable bonds is 7. The summed E-state index contributed by atoms with van der Waals surface area (Å²) in [4.78, 5) is 0. The zero-order chi connectivity index (χ0) is 19.2. The highest BCUT2D eigenvalue weighted by Gasteiger charge is 2.22. The van der Waals surface area contributed by atoms with Crippen LogP contribution in [-0.2, 0) is 12.8 Å². The quantitative estimate of drug-likeness (QED) is 0.444. The molecule has 0 bridgehead atoms. The van der Waals surface area contributed by atoms with Crippen molar-refractivity contribution < 1.29 is 13.2 Å². The number of unbranched alkanes of at least 4 members (excludes halogenated alkanes) is 1. The lowest BCUT2D eigenvalue weighted by Crippen LogP contribution is -2.13. The maximum Gasteiger partial charge on any atom is 0.194 e. The third-order valence-corrected chi connectivity index (χ3v) is 6.06. The summed E-state index contributed by atoms with van der Waals surface area (Å²) in [6.45, 7) is 2.26. The van der Waals surface area contributed by atoms with E-state index >= 15 is 0 Å². The first kappa shape index (κ1) is 20.0. The molecule has 0 heterocycles. The van der Waals surface area contributed by atoms with Crippen molar-refractivity contribution in [3.8, 4) is 0 Å². The second-order valence-corrected chi connectivity index (χ2v) is 7.94. The molecule has 0 aliphatic heterocycles. The van der Waals surface area contributed by atoms with E-state index in [1.807, 2.05) is 0 Å². The van der Waals surface area contributed by atoms with Gasteiger partial charge < -0.3 is 0 Å². The first-order chi connectivity index (χ1) is 13.1. The van der Waals surface area contributed by atoms with Crippen molar-refractivity contribution in [2.75, 3.05) is 0 Å². The van der Waals surface area contributed by atoms with E-state index in [0.717, 1.165) is 17.5 Å². The standard InChI is InChI=1S/C24H29F3/c1-2-3-4-17-5-10-19(11-6-17)20-12-7-18(8-13-20)9-14-21-15-16-22(25)24(27)23(21)26/h7-8,12-13,15-17,19H,2-6,9-11,14H2,1H3. The van der Waals surface area contributed by atoms with Crippen molar-refractivity contribution in [2.24, 2.45) is 5.92 Å². The van der Waals surface area contributed by atoms with Crippen molar-refractivity contribution in [3.63, 3.8) is 0 Å².